The van der Waals surface area contributed by atoms with Crippen molar-refractivity contribution in [3.8, 4) is 11.5 Å². The zero-order chi connectivity index (χ0) is 22.1. The van der Waals surface area contributed by atoms with Crippen molar-refractivity contribution in [2.75, 3.05) is 25.5 Å². The van der Waals surface area contributed by atoms with Gasteiger partial charge >= 0.3 is 5.63 Å². The number of amides is 1. The van der Waals surface area contributed by atoms with Crippen LogP contribution in [-0.4, -0.2) is 42.2 Å². The molecule has 2 heterocycles. The number of carbonyl (C=O) groups excluding carboxylic acids is 1. The number of nitrogens with zero attached hydrogens (tertiary/aromatic N) is 1. The topological polar surface area (TPSA) is 92.0 Å². The van der Waals surface area contributed by atoms with Crippen molar-refractivity contribution in [2.24, 2.45) is 0 Å². The first-order valence-corrected chi connectivity index (χ1v) is 10.4. The number of rotatable bonds is 4. The summed E-state index contributed by atoms with van der Waals surface area (Å²) in [5.74, 6) is 0.0328. The van der Waals surface area contributed by atoms with Crippen molar-refractivity contribution in [1.82, 2.24) is 4.90 Å². The number of fused-ring (bicyclic) bond motifs is 1. The van der Waals surface area contributed by atoms with Crippen molar-refractivity contribution < 1.29 is 19.1 Å². The number of phenolic OH excluding ortho intramolecular Hbond substituents is 1. The average Bonchev–Trinajstić information content (AvgIpc) is 2.75. The van der Waals surface area contributed by atoms with E-state index >= 15 is 0 Å². The lowest BCUT2D eigenvalue weighted by Crippen LogP contribution is -2.35. The number of hydrogen-bond acceptors (Lipinski definition) is 6. The number of carbonyl (C=O) groups is 1. The molecule has 1 aliphatic rings. The summed E-state index contributed by atoms with van der Waals surface area (Å²) in [4.78, 5) is 27.3. The molecule has 2 N–H and O–H groups in total. The van der Waals surface area contributed by atoms with E-state index in [-0.39, 0.29) is 28.1 Å². The third-order valence-corrected chi connectivity index (χ3v) is 5.82. The Kier molecular flexibility index (Phi) is 5.89. The maximum Gasteiger partial charge on any atom is 0.360 e. The van der Waals surface area contributed by atoms with Crippen LogP contribution in [0.4, 0.5) is 5.69 Å². The monoisotopic (exact) mass is 442 g/mol. The number of ether oxygens (including phenoxy) is 1. The number of aromatic hydroxyl groups is 1. The molecule has 8 heteroatoms. The summed E-state index contributed by atoms with van der Waals surface area (Å²) in [5, 5.41) is 12.8. The minimum absolute atomic E-state index is 0.0186. The molecule has 1 aliphatic heterocycles. The van der Waals surface area contributed by atoms with Crippen LogP contribution in [0.1, 0.15) is 28.8 Å². The number of anilines is 1. The number of hydrogen-bond donors (Lipinski definition) is 2. The third kappa shape index (κ3) is 4.52. The Labute approximate surface area is 184 Å². The number of piperidine rings is 1. The molecule has 0 saturated carbocycles. The Morgan fingerprint density at radius 2 is 1.97 bits per heavy atom. The third-order valence-electron chi connectivity index (χ3n) is 5.52. The fourth-order valence-corrected chi connectivity index (χ4v) is 3.83. The second-order valence-electron chi connectivity index (χ2n) is 7.80. The molecule has 0 atom stereocenters. The maximum absolute atomic E-state index is 12.5. The highest BCUT2D eigenvalue weighted by molar-refractivity contribution is 6.32. The van der Waals surface area contributed by atoms with E-state index in [1.54, 1.807) is 6.07 Å². The van der Waals surface area contributed by atoms with Gasteiger partial charge in [-0.3, -0.25) is 4.79 Å². The molecule has 0 spiro atoms. The fourth-order valence-electron chi connectivity index (χ4n) is 3.65. The maximum atomic E-state index is 12.5. The zero-order valence-electron chi connectivity index (χ0n) is 17.3. The van der Waals surface area contributed by atoms with E-state index in [2.05, 4.69) is 17.3 Å². The Morgan fingerprint density at radius 3 is 2.68 bits per heavy atom. The highest BCUT2D eigenvalue weighted by Gasteiger charge is 2.20. The van der Waals surface area contributed by atoms with Gasteiger partial charge in [0.05, 0.1) is 5.02 Å². The van der Waals surface area contributed by atoms with E-state index in [1.807, 2.05) is 19.1 Å². The van der Waals surface area contributed by atoms with Gasteiger partial charge in [0.2, 0.25) is 0 Å². The lowest BCUT2D eigenvalue weighted by molar-refractivity contribution is 0.102. The van der Waals surface area contributed by atoms with E-state index in [1.165, 1.54) is 18.2 Å². The predicted octanol–water partition coefficient (Wildman–Crippen LogP) is 4.19. The SMILES string of the molecule is Cc1c(OC2CCN(C)CC2)ccc2cc(NC(=O)c3ccc(O)c(Cl)c3)c(=O)oc12. The quantitative estimate of drug-likeness (QED) is 0.589. The number of halogens is 1. The van der Waals surface area contributed by atoms with Gasteiger partial charge in [0.25, 0.3) is 5.91 Å². The van der Waals surface area contributed by atoms with Crippen LogP contribution < -0.4 is 15.7 Å². The average molecular weight is 443 g/mol. The van der Waals surface area contributed by atoms with Gasteiger partial charge in [0, 0.05) is 29.6 Å². The lowest BCUT2D eigenvalue weighted by Gasteiger charge is -2.29. The standard InChI is InChI=1S/C23H23ClN2O5/c1-13-20(30-16-7-9-26(2)10-8-16)6-4-14-12-18(23(29)31-21(13)14)25-22(28)15-3-5-19(27)17(24)11-15/h3-6,11-12,16,27H,7-10H2,1-2H3,(H,25,28). The molecule has 3 aromatic rings. The smallest absolute Gasteiger partial charge is 0.360 e. The summed E-state index contributed by atoms with van der Waals surface area (Å²) < 4.78 is 11.7. The van der Waals surface area contributed by atoms with Crippen LogP contribution in [0.5, 0.6) is 11.5 Å². The first kappa shape index (κ1) is 21.2. The molecule has 0 radical (unpaired) electrons. The second kappa shape index (κ2) is 8.61. The van der Waals surface area contributed by atoms with Crippen LogP contribution >= 0.6 is 11.6 Å². The highest BCUT2D eigenvalue weighted by atomic mass is 35.5. The van der Waals surface area contributed by atoms with Crippen LogP contribution in [0, 0.1) is 6.92 Å². The van der Waals surface area contributed by atoms with Crippen molar-refractivity contribution >= 4 is 34.2 Å². The number of likely N-dealkylation sites (tertiary alicyclic amines) is 1. The molecule has 1 aromatic heterocycles. The molecule has 1 fully saturated rings. The van der Waals surface area contributed by atoms with Gasteiger partial charge < -0.3 is 24.5 Å². The summed E-state index contributed by atoms with van der Waals surface area (Å²) in [6, 6.07) is 9.30. The van der Waals surface area contributed by atoms with E-state index in [4.69, 9.17) is 20.8 Å². The largest absolute Gasteiger partial charge is 0.506 e. The van der Waals surface area contributed by atoms with Crippen LogP contribution in [0.3, 0.4) is 0 Å². The predicted molar refractivity (Wildman–Crippen MR) is 119 cm³/mol. The van der Waals surface area contributed by atoms with Crippen molar-refractivity contribution in [3.63, 3.8) is 0 Å². The molecule has 31 heavy (non-hydrogen) atoms. The molecule has 162 valence electrons. The van der Waals surface area contributed by atoms with E-state index in [9.17, 15) is 14.7 Å². The molecule has 1 saturated heterocycles. The van der Waals surface area contributed by atoms with Gasteiger partial charge in [-0.05, 0) is 63.2 Å². The minimum Gasteiger partial charge on any atom is -0.506 e. The van der Waals surface area contributed by atoms with Gasteiger partial charge in [0.15, 0.2) is 0 Å². The number of phenols is 1. The molecule has 7 nitrogen and oxygen atoms in total. The molecule has 0 unspecified atom stereocenters. The van der Waals surface area contributed by atoms with Gasteiger partial charge in [-0.1, -0.05) is 11.6 Å². The number of benzene rings is 2. The molecular formula is C23H23ClN2O5. The zero-order valence-corrected chi connectivity index (χ0v) is 18.0. The molecule has 2 aromatic carbocycles. The Morgan fingerprint density at radius 1 is 1.23 bits per heavy atom. The first-order valence-electron chi connectivity index (χ1n) is 10.0. The molecular weight excluding hydrogens is 420 g/mol. The summed E-state index contributed by atoms with van der Waals surface area (Å²) in [5.41, 5.74) is 0.744. The van der Waals surface area contributed by atoms with Gasteiger partial charge in [-0.25, -0.2) is 4.79 Å². The number of aryl methyl sites for hydroxylation is 1. The molecule has 4 rings (SSSR count). The van der Waals surface area contributed by atoms with Crippen LogP contribution in [0.25, 0.3) is 11.0 Å². The summed E-state index contributed by atoms with van der Waals surface area (Å²) in [6.07, 6.45) is 2.03. The van der Waals surface area contributed by atoms with Crippen molar-refractivity contribution in [1.29, 1.82) is 0 Å². The Hall–Kier alpha value is -3.03. The molecule has 1 amide bonds. The Bertz CT molecular complexity index is 1200. The van der Waals surface area contributed by atoms with Crippen LogP contribution in [-0.2, 0) is 0 Å². The van der Waals surface area contributed by atoms with E-state index < -0.39 is 11.5 Å². The first-order chi connectivity index (χ1) is 14.8. The normalized spacial score (nSPS) is 15.2. The van der Waals surface area contributed by atoms with Gasteiger partial charge in [-0.2, -0.15) is 0 Å². The van der Waals surface area contributed by atoms with E-state index in [0.29, 0.717) is 16.7 Å². The van der Waals surface area contributed by atoms with Crippen LogP contribution in [0.15, 0.2) is 45.6 Å². The van der Waals surface area contributed by atoms with Gasteiger partial charge in [-0.15, -0.1) is 0 Å². The second-order valence-corrected chi connectivity index (χ2v) is 8.20. The van der Waals surface area contributed by atoms with Crippen molar-refractivity contribution in [2.45, 2.75) is 25.9 Å². The minimum atomic E-state index is -0.662. The summed E-state index contributed by atoms with van der Waals surface area (Å²) >= 11 is 5.85. The van der Waals surface area contributed by atoms with Gasteiger partial charge in [0.1, 0.15) is 28.9 Å². The molecule has 0 aliphatic carbocycles. The lowest BCUT2D eigenvalue weighted by atomic mass is 10.1. The Balaban J connectivity index is 1.58. The number of nitrogens with one attached hydrogen (secondary N) is 1. The summed E-state index contributed by atoms with van der Waals surface area (Å²) in [6.45, 7) is 3.83. The molecule has 0 bridgehead atoms. The van der Waals surface area contributed by atoms with Crippen molar-refractivity contribution in [3.05, 3.63) is 63.0 Å². The fraction of sp³-hybridized carbons (Fsp3) is 0.304. The van der Waals surface area contributed by atoms with Crippen LogP contribution in [0.2, 0.25) is 5.02 Å². The summed E-state index contributed by atoms with van der Waals surface area (Å²) in [7, 11) is 2.10. The van der Waals surface area contributed by atoms with E-state index in [0.717, 1.165) is 31.5 Å². The highest BCUT2D eigenvalue weighted by Crippen LogP contribution is 2.30.